The van der Waals surface area contributed by atoms with Gasteiger partial charge in [0.25, 0.3) is 0 Å². The van der Waals surface area contributed by atoms with Crippen LogP contribution in [0.2, 0.25) is 0 Å². The number of hydrogen-bond acceptors (Lipinski definition) is 5. The number of nitrogens with zero attached hydrogens (tertiary/aromatic N) is 3. The number of ether oxygens (including phenoxy) is 2. The zero-order valence-electron chi connectivity index (χ0n) is 12.1. The van der Waals surface area contributed by atoms with Gasteiger partial charge in [0.05, 0.1) is 44.3 Å². The highest BCUT2D eigenvalue weighted by Gasteiger charge is 2.10. The normalized spacial score (nSPS) is 9.33. The lowest BCUT2D eigenvalue weighted by molar-refractivity contribution is -0.130. The molecule has 0 radical (unpaired) electrons. The quantitative estimate of drug-likeness (QED) is 0.762. The summed E-state index contributed by atoms with van der Waals surface area (Å²) in [6.45, 7) is 0.619. The van der Waals surface area contributed by atoms with Crippen LogP contribution in [0.3, 0.4) is 0 Å². The Kier molecular flexibility index (Phi) is 6.56. The van der Waals surface area contributed by atoms with Gasteiger partial charge in [0.15, 0.2) is 11.5 Å². The lowest BCUT2D eigenvalue weighted by Crippen LogP contribution is -2.28. The highest BCUT2D eigenvalue weighted by molar-refractivity contribution is 5.76. The predicted octanol–water partition coefficient (Wildman–Crippen LogP) is 1.71. The van der Waals surface area contributed by atoms with Gasteiger partial charge in [0, 0.05) is 19.7 Å². The summed E-state index contributed by atoms with van der Waals surface area (Å²) >= 11 is 0. The van der Waals surface area contributed by atoms with Crippen LogP contribution < -0.4 is 9.47 Å². The van der Waals surface area contributed by atoms with Crippen molar-refractivity contribution in [3.05, 3.63) is 23.8 Å². The maximum Gasteiger partial charge on any atom is 0.225 e. The van der Waals surface area contributed by atoms with Gasteiger partial charge in [-0.15, -0.1) is 0 Å². The second-order valence-electron chi connectivity index (χ2n) is 4.30. The zero-order valence-corrected chi connectivity index (χ0v) is 12.1. The number of carbonyl (C=O) groups is 1. The first-order valence-corrected chi connectivity index (χ1v) is 6.44. The van der Waals surface area contributed by atoms with Crippen molar-refractivity contribution in [2.24, 2.45) is 0 Å². The van der Waals surface area contributed by atoms with E-state index in [1.165, 1.54) is 12.0 Å². The summed E-state index contributed by atoms with van der Waals surface area (Å²) in [5.74, 6) is 0.862. The Balaban J connectivity index is 2.51. The summed E-state index contributed by atoms with van der Waals surface area (Å²) in [6.07, 6.45) is 0.525. The topological polar surface area (TPSA) is 86.3 Å². The molecule has 0 fully saturated rings. The molecule has 0 heterocycles. The monoisotopic (exact) mass is 287 g/mol. The van der Waals surface area contributed by atoms with Gasteiger partial charge in [-0.25, -0.2) is 0 Å². The van der Waals surface area contributed by atoms with Crippen LogP contribution in [0.25, 0.3) is 0 Å². The number of rotatable bonds is 7. The van der Waals surface area contributed by atoms with Crippen molar-refractivity contribution in [2.45, 2.75) is 12.8 Å². The van der Waals surface area contributed by atoms with E-state index in [4.69, 9.17) is 20.0 Å². The number of carbonyl (C=O) groups excluding carboxylic acids is 1. The molecule has 0 aliphatic rings. The molecule has 0 spiro atoms. The Bertz CT molecular complexity index is 573. The molecule has 0 saturated heterocycles. The molecule has 0 atom stereocenters. The maximum atomic E-state index is 11.8. The van der Waals surface area contributed by atoms with Crippen molar-refractivity contribution in [3.63, 3.8) is 0 Å². The molecule has 6 nitrogen and oxygen atoms in total. The molecule has 0 aliphatic carbocycles. The largest absolute Gasteiger partial charge is 0.493 e. The molecule has 6 heteroatoms. The van der Waals surface area contributed by atoms with Gasteiger partial charge in [-0.05, 0) is 12.1 Å². The molecule has 21 heavy (non-hydrogen) atoms. The summed E-state index contributed by atoms with van der Waals surface area (Å²) in [5, 5.41) is 17.3. The van der Waals surface area contributed by atoms with E-state index in [0.29, 0.717) is 30.0 Å². The summed E-state index contributed by atoms with van der Waals surface area (Å²) < 4.78 is 10.6. The van der Waals surface area contributed by atoms with E-state index in [9.17, 15) is 4.79 Å². The second-order valence-corrected chi connectivity index (χ2v) is 4.30. The number of amides is 1. The molecule has 0 N–H and O–H groups in total. The Labute approximate surface area is 124 Å². The van der Waals surface area contributed by atoms with Gasteiger partial charge in [-0.3, -0.25) is 4.79 Å². The third-order valence-corrected chi connectivity index (χ3v) is 2.85. The van der Waals surface area contributed by atoms with E-state index in [-0.39, 0.29) is 18.9 Å². The van der Waals surface area contributed by atoms with Crippen LogP contribution >= 0.6 is 0 Å². The van der Waals surface area contributed by atoms with E-state index in [0.717, 1.165) is 0 Å². The average molecular weight is 287 g/mol. The lowest BCUT2D eigenvalue weighted by atomic mass is 10.2. The summed E-state index contributed by atoms with van der Waals surface area (Å²) in [5.41, 5.74) is 0.478. The van der Waals surface area contributed by atoms with Gasteiger partial charge < -0.3 is 14.4 Å². The Morgan fingerprint density at radius 2 is 2.10 bits per heavy atom. The summed E-state index contributed by atoms with van der Waals surface area (Å²) in [7, 11) is 3.14. The molecular formula is C15H17N3O3. The van der Waals surface area contributed by atoms with Gasteiger partial charge in [-0.1, -0.05) is 0 Å². The van der Waals surface area contributed by atoms with Crippen LogP contribution in [-0.4, -0.2) is 38.1 Å². The Hall–Kier alpha value is -2.73. The molecule has 110 valence electrons. The second kappa shape index (κ2) is 8.44. The minimum absolute atomic E-state index is 0.0853. The van der Waals surface area contributed by atoms with Crippen molar-refractivity contribution < 1.29 is 14.3 Å². The summed E-state index contributed by atoms with van der Waals surface area (Å²) in [6, 6.07) is 8.85. The van der Waals surface area contributed by atoms with Gasteiger partial charge >= 0.3 is 0 Å². The minimum atomic E-state index is -0.0853. The highest BCUT2D eigenvalue weighted by Crippen LogP contribution is 2.27. The molecule has 1 aromatic rings. The Morgan fingerprint density at radius 3 is 2.71 bits per heavy atom. The minimum Gasteiger partial charge on any atom is -0.493 e. The Morgan fingerprint density at radius 1 is 1.33 bits per heavy atom. The zero-order chi connectivity index (χ0) is 15.7. The van der Waals surface area contributed by atoms with Crippen molar-refractivity contribution in [1.29, 1.82) is 10.5 Å². The fourth-order valence-corrected chi connectivity index (χ4v) is 1.64. The van der Waals surface area contributed by atoms with Crippen molar-refractivity contribution in [2.75, 3.05) is 27.3 Å². The summed E-state index contributed by atoms with van der Waals surface area (Å²) in [4.78, 5) is 13.3. The molecule has 0 aliphatic heterocycles. The van der Waals surface area contributed by atoms with Crippen molar-refractivity contribution >= 4 is 5.91 Å². The SMILES string of the molecule is COc1cc(C#N)ccc1OCCC(=O)N(C)CCC#N. The number of nitriles is 2. The molecule has 0 bridgehead atoms. The lowest BCUT2D eigenvalue weighted by Gasteiger charge is -2.16. The molecule has 1 aromatic carbocycles. The van der Waals surface area contributed by atoms with Gasteiger partial charge in [0.2, 0.25) is 5.91 Å². The number of benzene rings is 1. The smallest absolute Gasteiger partial charge is 0.225 e. The molecule has 1 rings (SSSR count). The fraction of sp³-hybridized carbons (Fsp3) is 0.400. The maximum absolute atomic E-state index is 11.8. The molecule has 1 amide bonds. The molecule has 0 unspecified atom stereocenters. The third-order valence-electron chi connectivity index (χ3n) is 2.85. The highest BCUT2D eigenvalue weighted by atomic mass is 16.5. The number of methoxy groups -OCH3 is 1. The molecule has 0 saturated carbocycles. The number of hydrogen-bond donors (Lipinski definition) is 0. The van der Waals surface area contributed by atoms with Crippen molar-refractivity contribution in [1.82, 2.24) is 4.90 Å². The van der Waals surface area contributed by atoms with E-state index < -0.39 is 0 Å². The van der Waals surface area contributed by atoms with Crippen LogP contribution in [0, 0.1) is 22.7 Å². The van der Waals surface area contributed by atoms with Crippen LogP contribution in [0.5, 0.6) is 11.5 Å². The predicted molar refractivity (Wildman–Crippen MR) is 75.7 cm³/mol. The average Bonchev–Trinajstić information content (AvgIpc) is 2.52. The fourth-order valence-electron chi connectivity index (χ4n) is 1.64. The van der Waals surface area contributed by atoms with Crippen LogP contribution in [0.1, 0.15) is 18.4 Å². The van der Waals surface area contributed by atoms with E-state index >= 15 is 0 Å². The van der Waals surface area contributed by atoms with Crippen LogP contribution in [0.15, 0.2) is 18.2 Å². The van der Waals surface area contributed by atoms with Gasteiger partial charge in [-0.2, -0.15) is 10.5 Å². The van der Waals surface area contributed by atoms with E-state index in [1.807, 2.05) is 12.1 Å². The molecule has 0 aromatic heterocycles. The van der Waals surface area contributed by atoms with Crippen molar-refractivity contribution in [3.8, 4) is 23.6 Å². The van der Waals surface area contributed by atoms with Crippen LogP contribution in [-0.2, 0) is 4.79 Å². The van der Waals surface area contributed by atoms with Crippen LogP contribution in [0.4, 0.5) is 0 Å². The van der Waals surface area contributed by atoms with E-state index in [2.05, 4.69) is 0 Å². The van der Waals surface area contributed by atoms with E-state index in [1.54, 1.807) is 25.2 Å². The standard InChI is InChI=1S/C15H17N3O3/c1-18(8-3-7-16)15(19)6-9-21-13-5-4-12(11-17)10-14(13)20-2/h4-5,10H,3,6,8-9H2,1-2H3. The first kappa shape index (κ1) is 16.3. The van der Waals surface area contributed by atoms with Gasteiger partial charge in [0.1, 0.15) is 0 Å². The first-order chi connectivity index (χ1) is 10.1. The molecular weight excluding hydrogens is 270 g/mol. The third kappa shape index (κ3) is 5.04. The first-order valence-electron chi connectivity index (χ1n) is 6.44.